The van der Waals surface area contributed by atoms with Crippen LogP contribution in [0.1, 0.15) is 18.4 Å². The lowest BCUT2D eigenvalue weighted by atomic mass is 9.66. The summed E-state index contributed by atoms with van der Waals surface area (Å²) < 4.78 is 3.15. The number of hydrogen-bond donors (Lipinski definition) is 3. The van der Waals surface area contributed by atoms with Gasteiger partial charge in [-0.1, -0.05) is 28.1 Å². The number of halogens is 1. The molecule has 6 heteroatoms. The summed E-state index contributed by atoms with van der Waals surface area (Å²) in [7, 11) is 0. The Kier molecular flexibility index (Phi) is 2.23. The van der Waals surface area contributed by atoms with Crippen LogP contribution >= 0.6 is 15.9 Å². The van der Waals surface area contributed by atoms with Crippen LogP contribution in [0, 0.1) is 0 Å². The Bertz CT molecular complexity index is 1070. The molecule has 4 aliphatic heterocycles. The van der Waals surface area contributed by atoms with E-state index >= 15 is 0 Å². The number of benzene rings is 1. The minimum absolute atomic E-state index is 0.0308. The van der Waals surface area contributed by atoms with E-state index in [1.165, 1.54) is 5.57 Å². The number of phenols is 1. The van der Waals surface area contributed by atoms with Crippen molar-refractivity contribution in [2.24, 2.45) is 4.99 Å². The Labute approximate surface area is 146 Å². The lowest BCUT2D eigenvalue weighted by Gasteiger charge is -2.43. The normalized spacial score (nSPS) is 33.3. The second kappa shape index (κ2) is 4.00. The third-order valence-corrected chi connectivity index (χ3v) is 6.76. The molecule has 0 radical (unpaired) electrons. The molecule has 5 nitrogen and oxygen atoms in total. The van der Waals surface area contributed by atoms with Crippen molar-refractivity contribution in [1.29, 1.82) is 0 Å². The number of aliphatic imine (C=N–C) groups is 1. The molecule has 1 aromatic carbocycles. The molecular weight excluding hydrogens is 370 g/mol. The van der Waals surface area contributed by atoms with Crippen LogP contribution < -0.4 is 20.5 Å². The molecule has 3 unspecified atom stereocenters. The molecule has 1 aromatic rings. The zero-order valence-electron chi connectivity index (χ0n) is 12.8. The van der Waals surface area contributed by atoms with Crippen molar-refractivity contribution < 1.29 is 10.2 Å². The number of allylic oxidation sites excluding steroid dienone is 2. The first kappa shape index (κ1) is 13.4. The molecule has 0 saturated carbocycles. The largest absolute Gasteiger partial charge is 0.504 e. The first-order valence-corrected chi connectivity index (χ1v) is 9.01. The summed E-state index contributed by atoms with van der Waals surface area (Å²) in [4.78, 5) is 4.48. The Morgan fingerprint density at radius 1 is 1.42 bits per heavy atom. The number of fused-ring (bicyclic) bond motifs is 2. The molecule has 120 valence electrons. The summed E-state index contributed by atoms with van der Waals surface area (Å²) in [6.07, 6.45) is 9.22. The van der Waals surface area contributed by atoms with Gasteiger partial charge in [-0.05, 0) is 11.8 Å². The highest BCUT2D eigenvalue weighted by molar-refractivity contribution is 9.11. The molecule has 3 N–H and O–H groups in total. The van der Waals surface area contributed by atoms with E-state index in [2.05, 4.69) is 43.0 Å². The van der Waals surface area contributed by atoms with Gasteiger partial charge in [-0.3, -0.25) is 4.99 Å². The van der Waals surface area contributed by atoms with Gasteiger partial charge in [0.2, 0.25) is 5.36 Å². The highest BCUT2D eigenvalue weighted by atomic mass is 79.9. The lowest BCUT2D eigenvalue weighted by molar-refractivity contribution is 0.123. The Balaban J connectivity index is 1.91. The third-order valence-electron chi connectivity index (χ3n) is 6.06. The standard InChI is InChI=1S/C18H14BrN3O2/c19-9-5-18-2-3-20-14-12(18)15-11-8(7-21-13(11)17(14)24)1-4-22(15)10(6-18)16(9)23/h2-3,5,7,10,16,23H,1,4,6H2,(H,20,21,24)/p+1. The van der Waals surface area contributed by atoms with Gasteiger partial charge in [0.1, 0.15) is 18.3 Å². The molecule has 0 amide bonds. The van der Waals surface area contributed by atoms with Crippen molar-refractivity contribution in [2.45, 2.75) is 30.4 Å². The summed E-state index contributed by atoms with van der Waals surface area (Å²) >= 11 is 3.57. The molecule has 2 bridgehead atoms. The van der Waals surface area contributed by atoms with Crippen molar-refractivity contribution in [3.8, 4) is 5.75 Å². The number of anilines is 1. The Morgan fingerprint density at radius 2 is 2.29 bits per heavy atom. The van der Waals surface area contributed by atoms with Crippen molar-refractivity contribution in [3.05, 3.63) is 39.0 Å². The number of nitrogens with one attached hydrogen (secondary N) is 1. The first-order chi connectivity index (χ1) is 11.6. The van der Waals surface area contributed by atoms with Crippen LogP contribution in [-0.4, -0.2) is 35.1 Å². The number of nitrogens with zero attached hydrogens (tertiary/aromatic N) is 2. The maximum Gasteiger partial charge on any atom is 0.216 e. The van der Waals surface area contributed by atoms with Crippen LogP contribution in [0.15, 0.2) is 27.8 Å². The average Bonchev–Trinajstić information content (AvgIpc) is 3.01. The summed E-state index contributed by atoms with van der Waals surface area (Å²) in [6, 6.07) is 0.0308. The van der Waals surface area contributed by atoms with Crippen LogP contribution in [0.25, 0.3) is 5.57 Å². The van der Waals surface area contributed by atoms with Crippen molar-refractivity contribution in [1.82, 2.24) is 4.58 Å². The van der Waals surface area contributed by atoms with Gasteiger partial charge in [-0.25, -0.2) is 4.58 Å². The van der Waals surface area contributed by atoms with Crippen molar-refractivity contribution in [3.63, 3.8) is 0 Å². The predicted molar refractivity (Wildman–Crippen MR) is 95.5 cm³/mol. The molecule has 6 rings (SSSR count). The van der Waals surface area contributed by atoms with E-state index in [0.29, 0.717) is 5.69 Å². The molecule has 0 fully saturated rings. The summed E-state index contributed by atoms with van der Waals surface area (Å²) in [5.74, 6) is 0.231. The first-order valence-electron chi connectivity index (χ1n) is 8.21. The fourth-order valence-corrected chi connectivity index (χ4v) is 5.78. The maximum absolute atomic E-state index is 10.8. The topological polar surface area (TPSA) is 67.9 Å². The number of hydrogen-bond acceptors (Lipinski definition) is 4. The van der Waals surface area contributed by atoms with Gasteiger partial charge < -0.3 is 15.5 Å². The van der Waals surface area contributed by atoms with Crippen LogP contribution in [0.5, 0.6) is 5.75 Å². The lowest BCUT2D eigenvalue weighted by Crippen LogP contribution is -2.63. The number of phenolic OH excluding ortho intramolecular Hbond substituents is 1. The molecule has 1 spiro atoms. The summed E-state index contributed by atoms with van der Waals surface area (Å²) in [5.41, 5.74) is 3.43. The molecule has 0 saturated heterocycles. The van der Waals surface area contributed by atoms with E-state index in [-0.39, 0.29) is 17.2 Å². The number of aliphatic hydroxyl groups excluding tert-OH is 1. The summed E-state index contributed by atoms with van der Waals surface area (Å²) in [5, 5.41) is 27.0. The molecule has 1 aliphatic carbocycles. The SMILES string of the molecule is Oc1c2c3c4c5c1N=CC=5CC[N+]=4C1CC3(C=CN2)C=C(Br)C1O. The van der Waals surface area contributed by atoms with Gasteiger partial charge in [0.15, 0.2) is 11.8 Å². The number of aromatic hydroxyl groups is 1. The highest BCUT2D eigenvalue weighted by Crippen LogP contribution is 2.50. The average molecular weight is 385 g/mol. The molecule has 24 heavy (non-hydrogen) atoms. The van der Waals surface area contributed by atoms with Crippen molar-refractivity contribution >= 4 is 39.1 Å². The smallest absolute Gasteiger partial charge is 0.216 e. The Hall–Kier alpha value is -1.92. The van der Waals surface area contributed by atoms with E-state index in [0.717, 1.165) is 45.7 Å². The molecule has 4 heterocycles. The van der Waals surface area contributed by atoms with E-state index in [1.54, 1.807) is 0 Å². The third kappa shape index (κ3) is 1.30. The van der Waals surface area contributed by atoms with Crippen LogP contribution in [0.3, 0.4) is 0 Å². The van der Waals surface area contributed by atoms with E-state index in [1.807, 2.05) is 12.4 Å². The fourth-order valence-electron chi connectivity index (χ4n) is 5.06. The monoisotopic (exact) mass is 384 g/mol. The number of aliphatic hydroxyl groups is 1. The maximum atomic E-state index is 10.8. The van der Waals surface area contributed by atoms with Gasteiger partial charge in [0.05, 0.1) is 16.5 Å². The highest BCUT2D eigenvalue weighted by Gasteiger charge is 2.53. The quantitative estimate of drug-likeness (QED) is 0.456. The van der Waals surface area contributed by atoms with Crippen molar-refractivity contribution in [2.75, 3.05) is 11.9 Å². The van der Waals surface area contributed by atoms with Gasteiger partial charge in [-0.15, -0.1) is 0 Å². The van der Waals surface area contributed by atoms with Crippen LogP contribution in [0.2, 0.25) is 0 Å². The minimum Gasteiger partial charge on any atom is -0.504 e. The minimum atomic E-state index is -0.524. The second-order valence-electron chi connectivity index (χ2n) is 7.16. The molecule has 5 aliphatic rings. The van der Waals surface area contributed by atoms with E-state index in [4.69, 9.17) is 0 Å². The second-order valence-corrected chi connectivity index (χ2v) is 8.08. The molecule has 0 aromatic heterocycles. The zero-order valence-corrected chi connectivity index (χ0v) is 14.3. The van der Waals surface area contributed by atoms with Crippen LogP contribution in [0.4, 0.5) is 11.4 Å². The zero-order chi connectivity index (χ0) is 16.2. The van der Waals surface area contributed by atoms with E-state index in [9.17, 15) is 10.2 Å². The van der Waals surface area contributed by atoms with Gasteiger partial charge >= 0.3 is 0 Å². The molecular formula is C18H15BrN3O2+. The van der Waals surface area contributed by atoms with Gasteiger partial charge in [0, 0.05) is 29.0 Å². The fraction of sp³-hybridized carbons (Fsp3) is 0.333. The Morgan fingerprint density at radius 3 is 3.17 bits per heavy atom. The van der Waals surface area contributed by atoms with Gasteiger partial charge in [-0.2, -0.15) is 0 Å². The van der Waals surface area contributed by atoms with Gasteiger partial charge in [0.25, 0.3) is 0 Å². The molecule has 3 atom stereocenters. The predicted octanol–water partition coefficient (Wildman–Crippen LogP) is 0.756. The summed E-state index contributed by atoms with van der Waals surface area (Å²) in [6.45, 7) is 0.868. The number of rotatable bonds is 0. The van der Waals surface area contributed by atoms with Crippen LogP contribution in [-0.2, 0) is 5.41 Å². The van der Waals surface area contributed by atoms with E-state index < -0.39 is 6.10 Å².